The summed E-state index contributed by atoms with van der Waals surface area (Å²) >= 11 is 0. The second-order valence-corrected chi connectivity index (χ2v) is 6.46. The Morgan fingerprint density at radius 3 is 2.28 bits per heavy atom. The number of unbranched alkanes of at least 4 members (excludes halogenated alkanes) is 2. The average Bonchev–Trinajstić information content (AvgIpc) is 2.90. The summed E-state index contributed by atoms with van der Waals surface area (Å²) in [5.41, 5.74) is 7.03. The standard InChI is InChI=1S/C16H32N2/c1-2-3-5-10-15(17)16(11-6-7-12-16)18-13-8-4-9-14-18/h15H,2-14,17H2,1H3. The lowest BCUT2D eigenvalue weighted by atomic mass is 9.82. The van der Waals surface area contributed by atoms with Gasteiger partial charge in [0.15, 0.2) is 0 Å². The highest BCUT2D eigenvalue weighted by atomic mass is 15.2. The molecule has 2 fully saturated rings. The third-order valence-corrected chi connectivity index (χ3v) is 5.26. The van der Waals surface area contributed by atoms with Crippen molar-refractivity contribution >= 4 is 0 Å². The van der Waals surface area contributed by atoms with Gasteiger partial charge in [0.05, 0.1) is 0 Å². The molecule has 1 aliphatic carbocycles. The van der Waals surface area contributed by atoms with Crippen LogP contribution < -0.4 is 5.73 Å². The molecule has 1 atom stereocenters. The molecule has 106 valence electrons. The quantitative estimate of drug-likeness (QED) is 0.730. The Hall–Kier alpha value is -0.0800. The van der Waals surface area contributed by atoms with Crippen molar-refractivity contribution in [3.8, 4) is 0 Å². The topological polar surface area (TPSA) is 29.3 Å². The first-order chi connectivity index (χ1) is 8.79. The zero-order valence-corrected chi connectivity index (χ0v) is 12.3. The van der Waals surface area contributed by atoms with Gasteiger partial charge in [-0.15, -0.1) is 0 Å². The van der Waals surface area contributed by atoms with Crippen LogP contribution in [0.5, 0.6) is 0 Å². The molecule has 0 spiro atoms. The Morgan fingerprint density at radius 2 is 1.67 bits per heavy atom. The Balaban J connectivity index is 1.96. The number of rotatable bonds is 6. The third-order valence-electron chi connectivity index (χ3n) is 5.26. The van der Waals surface area contributed by atoms with Gasteiger partial charge in [0.1, 0.15) is 0 Å². The minimum Gasteiger partial charge on any atom is -0.326 e. The lowest BCUT2D eigenvalue weighted by Gasteiger charge is -2.47. The van der Waals surface area contributed by atoms with Crippen LogP contribution in [-0.4, -0.2) is 29.6 Å². The number of nitrogens with two attached hydrogens (primary N) is 1. The fourth-order valence-electron chi connectivity index (χ4n) is 4.13. The number of hydrogen-bond donors (Lipinski definition) is 1. The van der Waals surface area contributed by atoms with E-state index in [1.165, 1.54) is 83.7 Å². The molecule has 0 radical (unpaired) electrons. The van der Waals surface area contributed by atoms with Crippen molar-refractivity contribution in [2.45, 2.75) is 89.1 Å². The van der Waals surface area contributed by atoms with Gasteiger partial charge in [-0.25, -0.2) is 0 Å². The number of piperidine rings is 1. The second kappa shape index (κ2) is 6.91. The summed E-state index contributed by atoms with van der Waals surface area (Å²) in [4.78, 5) is 2.78. The fourth-order valence-corrected chi connectivity index (χ4v) is 4.13. The molecular weight excluding hydrogens is 220 g/mol. The highest BCUT2D eigenvalue weighted by molar-refractivity contribution is 5.02. The summed E-state index contributed by atoms with van der Waals surface area (Å²) in [7, 11) is 0. The molecule has 0 aromatic rings. The van der Waals surface area contributed by atoms with Gasteiger partial charge in [-0.1, -0.05) is 45.4 Å². The SMILES string of the molecule is CCCCCC(N)C1(N2CCCCC2)CCCC1. The summed E-state index contributed by atoms with van der Waals surface area (Å²) in [5.74, 6) is 0. The number of nitrogens with zero attached hydrogens (tertiary/aromatic N) is 1. The lowest BCUT2D eigenvalue weighted by molar-refractivity contribution is 0.0451. The van der Waals surface area contributed by atoms with E-state index in [1.54, 1.807) is 0 Å². The minimum atomic E-state index is 0.383. The Labute approximate surface area is 113 Å². The van der Waals surface area contributed by atoms with Crippen LogP contribution in [0.2, 0.25) is 0 Å². The van der Waals surface area contributed by atoms with Gasteiger partial charge >= 0.3 is 0 Å². The minimum absolute atomic E-state index is 0.383. The van der Waals surface area contributed by atoms with E-state index in [4.69, 9.17) is 5.73 Å². The van der Waals surface area contributed by atoms with E-state index in [9.17, 15) is 0 Å². The van der Waals surface area contributed by atoms with E-state index in [1.807, 2.05) is 0 Å². The first-order valence-corrected chi connectivity index (χ1v) is 8.30. The first kappa shape index (κ1) is 14.3. The maximum atomic E-state index is 6.64. The van der Waals surface area contributed by atoms with Crippen LogP contribution in [0.4, 0.5) is 0 Å². The van der Waals surface area contributed by atoms with Crippen molar-refractivity contribution in [3.05, 3.63) is 0 Å². The summed E-state index contributed by atoms with van der Waals surface area (Å²) in [6.07, 6.45) is 15.0. The molecule has 18 heavy (non-hydrogen) atoms. The summed E-state index contributed by atoms with van der Waals surface area (Å²) in [6, 6.07) is 0.421. The second-order valence-electron chi connectivity index (χ2n) is 6.46. The molecule has 1 saturated carbocycles. The van der Waals surface area contributed by atoms with Gasteiger partial charge in [-0.05, 0) is 45.2 Å². The van der Waals surface area contributed by atoms with Crippen LogP contribution in [0.25, 0.3) is 0 Å². The highest BCUT2D eigenvalue weighted by Crippen LogP contribution is 2.40. The van der Waals surface area contributed by atoms with Crippen LogP contribution in [0.3, 0.4) is 0 Å². The van der Waals surface area contributed by atoms with Crippen molar-refractivity contribution in [2.24, 2.45) is 5.73 Å². The van der Waals surface area contributed by atoms with Gasteiger partial charge in [0.2, 0.25) is 0 Å². The molecule has 2 rings (SSSR count). The zero-order valence-electron chi connectivity index (χ0n) is 12.3. The lowest BCUT2D eigenvalue weighted by Crippen LogP contribution is -2.59. The Kier molecular flexibility index (Phi) is 5.50. The molecule has 2 nitrogen and oxygen atoms in total. The predicted octanol–water partition coefficient (Wildman–Crippen LogP) is 3.69. The van der Waals surface area contributed by atoms with Crippen molar-refractivity contribution in [3.63, 3.8) is 0 Å². The largest absolute Gasteiger partial charge is 0.326 e. The molecule has 1 unspecified atom stereocenters. The smallest absolute Gasteiger partial charge is 0.0360 e. The maximum Gasteiger partial charge on any atom is 0.0360 e. The van der Waals surface area contributed by atoms with E-state index >= 15 is 0 Å². The Morgan fingerprint density at radius 1 is 1.00 bits per heavy atom. The average molecular weight is 252 g/mol. The van der Waals surface area contributed by atoms with E-state index < -0.39 is 0 Å². The van der Waals surface area contributed by atoms with Gasteiger partial charge in [0, 0.05) is 11.6 Å². The van der Waals surface area contributed by atoms with E-state index in [0.29, 0.717) is 11.6 Å². The molecule has 1 saturated heterocycles. The highest BCUT2D eigenvalue weighted by Gasteiger charge is 2.44. The van der Waals surface area contributed by atoms with Gasteiger partial charge in [-0.3, -0.25) is 4.90 Å². The molecular formula is C16H32N2. The van der Waals surface area contributed by atoms with Gasteiger partial charge in [-0.2, -0.15) is 0 Å². The van der Waals surface area contributed by atoms with E-state index in [-0.39, 0.29) is 0 Å². The zero-order chi connectivity index (χ0) is 12.8. The molecule has 1 heterocycles. The predicted molar refractivity (Wildman–Crippen MR) is 78.7 cm³/mol. The fraction of sp³-hybridized carbons (Fsp3) is 1.00. The normalized spacial score (nSPS) is 26.3. The first-order valence-electron chi connectivity index (χ1n) is 8.30. The van der Waals surface area contributed by atoms with Crippen molar-refractivity contribution in [1.82, 2.24) is 4.90 Å². The third kappa shape index (κ3) is 3.08. The van der Waals surface area contributed by atoms with Crippen LogP contribution >= 0.6 is 0 Å². The molecule has 2 aliphatic rings. The Bertz CT molecular complexity index is 227. The summed E-state index contributed by atoms with van der Waals surface area (Å²) in [5, 5.41) is 0. The van der Waals surface area contributed by atoms with Gasteiger partial charge < -0.3 is 5.73 Å². The number of hydrogen-bond acceptors (Lipinski definition) is 2. The monoisotopic (exact) mass is 252 g/mol. The van der Waals surface area contributed by atoms with Crippen molar-refractivity contribution < 1.29 is 0 Å². The molecule has 0 bridgehead atoms. The van der Waals surface area contributed by atoms with Crippen LogP contribution in [-0.2, 0) is 0 Å². The molecule has 0 amide bonds. The molecule has 0 aromatic carbocycles. The molecule has 2 heteroatoms. The van der Waals surface area contributed by atoms with Gasteiger partial charge in [0.25, 0.3) is 0 Å². The van der Waals surface area contributed by atoms with E-state index in [0.717, 1.165) is 0 Å². The van der Waals surface area contributed by atoms with Crippen molar-refractivity contribution in [2.75, 3.05) is 13.1 Å². The summed E-state index contributed by atoms with van der Waals surface area (Å²) in [6.45, 7) is 4.89. The van der Waals surface area contributed by atoms with Crippen molar-refractivity contribution in [1.29, 1.82) is 0 Å². The molecule has 2 N–H and O–H groups in total. The van der Waals surface area contributed by atoms with Crippen LogP contribution in [0.1, 0.15) is 77.6 Å². The van der Waals surface area contributed by atoms with Crippen LogP contribution in [0, 0.1) is 0 Å². The van der Waals surface area contributed by atoms with Crippen LogP contribution in [0.15, 0.2) is 0 Å². The summed E-state index contributed by atoms with van der Waals surface area (Å²) < 4.78 is 0. The maximum absolute atomic E-state index is 6.64. The molecule has 0 aromatic heterocycles. The number of likely N-dealkylation sites (tertiary alicyclic amines) is 1. The molecule has 1 aliphatic heterocycles. The van der Waals surface area contributed by atoms with E-state index in [2.05, 4.69) is 11.8 Å².